The number of fused-ring (bicyclic) bond motifs is 1. The smallest absolute Gasteiger partial charge is 0.297 e. The lowest BCUT2D eigenvalue weighted by Gasteiger charge is -2.03. The highest BCUT2D eigenvalue weighted by molar-refractivity contribution is 5.83. The molecule has 0 aliphatic rings. The molecule has 0 amide bonds. The summed E-state index contributed by atoms with van der Waals surface area (Å²) < 4.78 is 3.12. The molecule has 4 nitrogen and oxygen atoms in total. The molecule has 106 valence electrons. The Balaban J connectivity index is 1.90. The van der Waals surface area contributed by atoms with E-state index in [4.69, 9.17) is 0 Å². The highest BCUT2D eigenvalue weighted by Crippen LogP contribution is 2.12. The van der Waals surface area contributed by atoms with Crippen molar-refractivity contribution in [2.75, 3.05) is 0 Å². The molecule has 0 aliphatic carbocycles. The van der Waals surface area contributed by atoms with E-state index in [0.29, 0.717) is 6.42 Å². The van der Waals surface area contributed by atoms with Gasteiger partial charge in [0, 0.05) is 13.5 Å². The van der Waals surface area contributed by atoms with E-state index in [-0.39, 0.29) is 18.0 Å². The van der Waals surface area contributed by atoms with Gasteiger partial charge in [-0.2, -0.15) is 0 Å². The van der Waals surface area contributed by atoms with Gasteiger partial charge in [0.05, 0.1) is 17.6 Å². The topological polar surface area (TPSA) is 44.0 Å². The minimum absolute atomic E-state index is 0.0275. The second kappa shape index (κ2) is 5.40. The molecule has 3 rings (SSSR count). The molecule has 4 heteroatoms. The van der Waals surface area contributed by atoms with Crippen molar-refractivity contribution < 1.29 is 4.79 Å². The lowest BCUT2D eigenvalue weighted by molar-refractivity contribution is -0.119. The van der Waals surface area contributed by atoms with E-state index < -0.39 is 0 Å². The summed E-state index contributed by atoms with van der Waals surface area (Å²) in [6.45, 7) is 0.106. The molecule has 0 fully saturated rings. The Kier molecular flexibility index (Phi) is 3.44. The van der Waals surface area contributed by atoms with E-state index in [9.17, 15) is 9.59 Å². The van der Waals surface area contributed by atoms with Crippen LogP contribution >= 0.6 is 0 Å². The van der Waals surface area contributed by atoms with E-state index in [0.717, 1.165) is 16.6 Å². The SMILES string of the molecule is Cn1c(=O)n(CC(=O)Cc2ccccc2)c2ccccc21. The number of para-hydroxylation sites is 2. The molecule has 0 saturated heterocycles. The minimum atomic E-state index is -0.155. The van der Waals surface area contributed by atoms with Crippen LogP contribution < -0.4 is 5.69 Å². The number of hydrogen-bond acceptors (Lipinski definition) is 2. The summed E-state index contributed by atoms with van der Waals surface area (Å²) in [5, 5.41) is 0. The first-order chi connectivity index (χ1) is 10.2. The fraction of sp³-hybridized carbons (Fsp3) is 0.176. The predicted octanol–water partition coefficient (Wildman–Crippen LogP) is 2.15. The standard InChI is InChI=1S/C17H16N2O2/c1-18-15-9-5-6-10-16(15)19(17(18)21)12-14(20)11-13-7-3-2-4-8-13/h2-10H,11-12H2,1H3. The lowest BCUT2D eigenvalue weighted by Crippen LogP contribution is -2.26. The van der Waals surface area contributed by atoms with Crippen LogP contribution in [0.15, 0.2) is 59.4 Å². The second-order valence-electron chi connectivity index (χ2n) is 5.12. The van der Waals surface area contributed by atoms with E-state index >= 15 is 0 Å². The van der Waals surface area contributed by atoms with Gasteiger partial charge < -0.3 is 0 Å². The molecule has 0 radical (unpaired) electrons. The molecule has 0 saturated carbocycles. The number of Topliss-reactive ketones (excluding diaryl/α,β-unsaturated/α-hetero) is 1. The highest BCUT2D eigenvalue weighted by atomic mass is 16.2. The number of aromatic nitrogens is 2. The van der Waals surface area contributed by atoms with Crippen molar-refractivity contribution in [1.82, 2.24) is 9.13 Å². The van der Waals surface area contributed by atoms with E-state index in [1.54, 1.807) is 16.2 Å². The van der Waals surface area contributed by atoms with Crippen LogP contribution in [0.4, 0.5) is 0 Å². The quantitative estimate of drug-likeness (QED) is 0.735. The Morgan fingerprint density at radius 1 is 0.952 bits per heavy atom. The molecule has 1 aromatic heterocycles. The molecule has 0 spiro atoms. The third kappa shape index (κ3) is 2.52. The fourth-order valence-corrected chi connectivity index (χ4v) is 2.57. The third-order valence-corrected chi connectivity index (χ3v) is 3.63. The molecule has 2 aromatic carbocycles. The minimum Gasteiger partial charge on any atom is -0.297 e. The number of imidazole rings is 1. The summed E-state index contributed by atoms with van der Waals surface area (Å²) in [6, 6.07) is 17.1. The zero-order chi connectivity index (χ0) is 14.8. The Morgan fingerprint density at radius 2 is 1.57 bits per heavy atom. The maximum atomic E-state index is 12.2. The summed E-state index contributed by atoms with van der Waals surface area (Å²) in [4.78, 5) is 24.5. The number of carbonyl (C=O) groups excluding carboxylic acids is 1. The molecule has 0 bridgehead atoms. The number of aryl methyl sites for hydroxylation is 1. The zero-order valence-corrected chi connectivity index (χ0v) is 11.8. The van der Waals surface area contributed by atoms with Gasteiger partial charge in [-0.1, -0.05) is 42.5 Å². The van der Waals surface area contributed by atoms with Crippen molar-refractivity contribution in [3.8, 4) is 0 Å². The molecule has 0 aliphatic heterocycles. The van der Waals surface area contributed by atoms with Crippen LogP contribution in [0, 0.1) is 0 Å². The molecule has 0 atom stereocenters. The maximum absolute atomic E-state index is 12.2. The van der Waals surface area contributed by atoms with Gasteiger partial charge in [0.25, 0.3) is 0 Å². The summed E-state index contributed by atoms with van der Waals surface area (Å²) in [7, 11) is 1.73. The van der Waals surface area contributed by atoms with Gasteiger partial charge in [-0.15, -0.1) is 0 Å². The molecule has 1 heterocycles. The van der Waals surface area contributed by atoms with Gasteiger partial charge in [0.2, 0.25) is 0 Å². The predicted molar refractivity (Wildman–Crippen MR) is 82.3 cm³/mol. The Morgan fingerprint density at radius 3 is 2.29 bits per heavy atom. The lowest BCUT2D eigenvalue weighted by atomic mass is 10.1. The molecular weight excluding hydrogens is 264 g/mol. The fourth-order valence-electron chi connectivity index (χ4n) is 2.57. The van der Waals surface area contributed by atoms with E-state index in [1.807, 2.05) is 54.6 Å². The first-order valence-electron chi connectivity index (χ1n) is 6.86. The van der Waals surface area contributed by atoms with E-state index in [2.05, 4.69) is 0 Å². The number of hydrogen-bond donors (Lipinski definition) is 0. The Hall–Kier alpha value is -2.62. The summed E-state index contributed by atoms with van der Waals surface area (Å²) in [5.41, 5.74) is 2.45. The van der Waals surface area contributed by atoms with Crippen LogP contribution in [-0.2, 0) is 24.8 Å². The Labute approximate surface area is 122 Å². The number of rotatable bonds is 4. The van der Waals surface area contributed by atoms with E-state index in [1.165, 1.54) is 0 Å². The van der Waals surface area contributed by atoms with Gasteiger partial charge in [0.15, 0.2) is 5.78 Å². The average Bonchev–Trinajstić information content (AvgIpc) is 2.74. The number of nitrogens with zero attached hydrogens (tertiary/aromatic N) is 2. The van der Waals surface area contributed by atoms with Crippen LogP contribution in [0.5, 0.6) is 0 Å². The number of benzene rings is 2. The van der Waals surface area contributed by atoms with Crippen LogP contribution in [0.2, 0.25) is 0 Å². The first-order valence-corrected chi connectivity index (χ1v) is 6.86. The average molecular weight is 280 g/mol. The van der Waals surface area contributed by atoms with Crippen LogP contribution in [-0.4, -0.2) is 14.9 Å². The maximum Gasteiger partial charge on any atom is 0.329 e. The number of ketones is 1. The van der Waals surface area contributed by atoms with Gasteiger partial charge >= 0.3 is 5.69 Å². The van der Waals surface area contributed by atoms with Crippen molar-refractivity contribution in [3.05, 3.63) is 70.6 Å². The normalized spacial score (nSPS) is 10.9. The van der Waals surface area contributed by atoms with Crippen molar-refractivity contribution in [1.29, 1.82) is 0 Å². The largest absolute Gasteiger partial charge is 0.329 e. The molecule has 21 heavy (non-hydrogen) atoms. The first kappa shape index (κ1) is 13.4. The number of carbonyl (C=O) groups is 1. The van der Waals surface area contributed by atoms with Crippen LogP contribution in [0.3, 0.4) is 0 Å². The van der Waals surface area contributed by atoms with Gasteiger partial charge in [-0.05, 0) is 17.7 Å². The van der Waals surface area contributed by atoms with Crippen LogP contribution in [0.25, 0.3) is 11.0 Å². The highest BCUT2D eigenvalue weighted by Gasteiger charge is 2.13. The molecule has 0 N–H and O–H groups in total. The van der Waals surface area contributed by atoms with Crippen molar-refractivity contribution >= 4 is 16.8 Å². The van der Waals surface area contributed by atoms with Crippen molar-refractivity contribution in [3.63, 3.8) is 0 Å². The Bertz CT molecular complexity index is 844. The van der Waals surface area contributed by atoms with Crippen molar-refractivity contribution in [2.24, 2.45) is 7.05 Å². The van der Waals surface area contributed by atoms with Crippen LogP contribution in [0.1, 0.15) is 5.56 Å². The molecule has 3 aromatic rings. The zero-order valence-electron chi connectivity index (χ0n) is 11.8. The van der Waals surface area contributed by atoms with Gasteiger partial charge in [-0.3, -0.25) is 13.9 Å². The van der Waals surface area contributed by atoms with Gasteiger partial charge in [0.1, 0.15) is 0 Å². The van der Waals surface area contributed by atoms with Crippen molar-refractivity contribution in [2.45, 2.75) is 13.0 Å². The monoisotopic (exact) mass is 280 g/mol. The summed E-state index contributed by atoms with van der Waals surface area (Å²) >= 11 is 0. The molecular formula is C17H16N2O2. The summed E-state index contributed by atoms with van der Waals surface area (Å²) in [6.07, 6.45) is 0.344. The second-order valence-corrected chi connectivity index (χ2v) is 5.12. The van der Waals surface area contributed by atoms with Gasteiger partial charge in [-0.25, -0.2) is 4.79 Å². The third-order valence-electron chi connectivity index (χ3n) is 3.63. The summed E-state index contributed by atoms with van der Waals surface area (Å²) in [5.74, 6) is 0.0275. The molecule has 0 unspecified atom stereocenters.